The smallest absolute Gasteiger partial charge is 0.131 e. The molecule has 114 valence electrons. The van der Waals surface area contributed by atoms with Crippen LogP contribution in [0.25, 0.3) is 0 Å². The van der Waals surface area contributed by atoms with Crippen molar-refractivity contribution >= 4 is 11.6 Å². The van der Waals surface area contributed by atoms with Crippen LogP contribution in [-0.4, -0.2) is 16.3 Å². The van der Waals surface area contributed by atoms with Gasteiger partial charge in [0.2, 0.25) is 0 Å². The second kappa shape index (κ2) is 7.00. The van der Waals surface area contributed by atoms with Crippen molar-refractivity contribution in [3.63, 3.8) is 0 Å². The van der Waals surface area contributed by atoms with Crippen LogP contribution in [0.15, 0.2) is 24.4 Å². The van der Waals surface area contributed by atoms with E-state index in [0.717, 1.165) is 6.42 Å². The molecule has 0 amide bonds. The molecule has 1 atom stereocenters. The Hall–Kier alpha value is -1.46. The molecule has 0 saturated carbocycles. The first-order chi connectivity index (χ1) is 10.1. The van der Waals surface area contributed by atoms with E-state index in [0.29, 0.717) is 23.8 Å². The van der Waals surface area contributed by atoms with Crippen LogP contribution >= 0.6 is 11.6 Å². The van der Waals surface area contributed by atoms with Crippen molar-refractivity contribution in [2.24, 2.45) is 0 Å². The predicted octanol–water partition coefficient (Wildman–Crippen LogP) is 3.92. The Balaban J connectivity index is 2.56. The van der Waals surface area contributed by atoms with E-state index in [4.69, 9.17) is 11.6 Å². The third-order valence-corrected chi connectivity index (χ3v) is 3.53. The van der Waals surface area contributed by atoms with Crippen molar-refractivity contribution in [2.45, 2.75) is 32.9 Å². The lowest BCUT2D eigenvalue weighted by Gasteiger charge is -2.21. The molecule has 1 heterocycles. The molecule has 1 aromatic carbocycles. The van der Waals surface area contributed by atoms with Gasteiger partial charge in [0.25, 0.3) is 0 Å². The number of nitrogens with one attached hydrogen (secondary N) is 1. The average molecular weight is 314 g/mol. The second-order valence-electron chi connectivity index (χ2n) is 4.73. The summed E-state index contributed by atoms with van der Waals surface area (Å²) < 4.78 is 29.9. The van der Waals surface area contributed by atoms with Gasteiger partial charge in [-0.15, -0.1) is 0 Å². The zero-order chi connectivity index (χ0) is 15.4. The average Bonchev–Trinajstić information content (AvgIpc) is 2.79. The minimum absolute atomic E-state index is 0.0286. The molecule has 0 aliphatic carbocycles. The fourth-order valence-corrected chi connectivity index (χ4v) is 2.63. The molecule has 0 bridgehead atoms. The molecule has 0 fully saturated rings. The highest BCUT2D eigenvalue weighted by Gasteiger charge is 2.26. The van der Waals surface area contributed by atoms with Gasteiger partial charge in [0.05, 0.1) is 23.0 Å². The maximum absolute atomic E-state index is 14.1. The van der Waals surface area contributed by atoms with Crippen molar-refractivity contribution in [3.05, 3.63) is 52.3 Å². The predicted molar refractivity (Wildman–Crippen MR) is 79.4 cm³/mol. The van der Waals surface area contributed by atoms with Crippen molar-refractivity contribution in [2.75, 3.05) is 6.54 Å². The van der Waals surface area contributed by atoms with E-state index in [1.165, 1.54) is 24.4 Å². The van der Waals surface area contributed by atoms with Gasteiger partial charge in [0.15, 0.2) is 0 Å². The van der Waals surface area contributed by atoms with Crippen LogP contribution in [0, 0.1) is 11.6 Å². The molecule has 1 unspecified atom stereocenters. The maximum atomic E-state index is 14.1. The molecule has 0 spiro atoms. The van der Waals surface area contributed by atoms with Crippen molar-refractivity contribution in [3.8, 4) is 0 Å². The Bertz CT molecular complexity index is 593. The Kier molecular flexibility index (Phi) is 5.31. The fraction of sp³-hybridized carbons (Fsp3) is 0.400. The summed E-state index contributed by atoms with van der Waals surface area (Å²) in [6.45, 7) is 5.07. The van der Waals surface area contributed by atoms with Crippen molar-refractivity contribution in [1.82, 2.24) is 15.1 Å². The van der Waals surface area contributed by atoms with E-state index in [1.54, 1.807) is 4.68 Å². The van der Waals surface area contributed by atoms with Gasteiger partial charge in [0.1, 0.15) is 11.6 Å². The zero-order valence-corrected chi connectivity index (χ0v) is 12.8. The molecule has 1 N–H and O–H groups in total. The van der Waals surface area contributed by atoms with E-state index in [9.17, 15) is 8.78 Å². The van der Waals surface area contributed by atoms with Crippen LogP contribution in [0.2, 0.25) is 5.02 Å². The number of benzene rings is 1. The molecule has 6 heteroatoms. The summed E-state index contributed by atoms with van der Waals surface area (Å²) in [7, 11) is 0. The molecular formula is C15H18ClF2N3. The number of nitrogens with zero attached hydrogens (tertiary/aromatic N) is 2. The summed E-state index contributed by atoms with van der Waals surface area (Å²) >= 11 is 6.20. The van der Waals surface area contributed by atoms with Gasteiger partial charge in [-0.05, 0) is 25.1 Å². The highest BCUT2D eigenvalue weighted by Crippen LogP contribution is 2.31. The van der Waals surface area contributed by atoms with Crippen LogP contribution < -0.4 is 5.32 Å². The molecule has 21 heavy (non-hydrogen) atoms. The minimum Gasteiger partial charge on any atom is -0.305 e. The Labute approximate surface area is 127 Å². The van der Waals surface area contributed by atoms with E-state index in [-0.39, 0.29) is 5.56 Å². The van der Waals surface area contributed by atoms with Gasteiger partial charge >= 0.3 is 0 Å². The molecule has 2 aromatic rings. The lowest BCUT2D eigenvalue weighted by atomic mass is 10.0. The van der Waals surface area contributed by atoms with Gasteiger partial charge in [-0.25, -0.2) is 8.78 Å². The van der Waals surface area contributed by atoms with Gasteiger partial charge in [-0.1, -0.05) is 31.5 Å². The molecule has 0 radical (unpaired) electrons. The first kappa shape index (κ1) is 15.9. The van der Waals surface area contributed by atoms with Crippen LogP contribution in [0.5, 0.6) is 0 Å². The normalized spacial score (nSPS) is 12.6. The van der Waals surface area contributed by atoms with Crippen LogP contribution in [-0.2, 0) is 6.54 Å². The lowest BCUT2D eigenvalue weighted by Crippen LogP contribution is -2.27. The summed E-state index contributed by atoms with van der Waals surface area (Å²) in [6.07, 6.45) is 2.36. The summed E-state index contributed by atoms with van der Waals surface area (Å²) in [5.41, 5.74) is 0.559. The molecule has 2 rings (SSSR count). The molecule has 0 aliphatic heterocycles. The maximum Gasteiger partial charge on any atom is 0.131 e. The minimum atomic E-state index is -0.669. The van der Waals surface area contributed by atoms with Gasteiger partial charge < -0.3 is 5.32 Å². The second-order valence-corrected chi connectivity index (χ2v) is 5.13. The first-order valence-corrected chi connectivity index (χ1v) is 7.36. The van der Waals surface area contributed by atoms with Crippen molar-refractivity contribution in [1.29, 1.82) is 0 Å². The molecular weight excluding hydrogens is 296 g/mol. The third-order valence-electron chi connectivity index (χ3n) is 3.24. The monoisotopic (exact) mass is 313 g/mol. The van der Waals surface area contributed by atoms with Gasteiger partial charge in [-0.2, -0.15) is 5.10 Å². The van der Waals surface area contributed by atoms with Gasteiger partial charge in [0, 0.05) is 12.1 Å². The largest absolute Gasteiger partial charge is 0.305 e. The van der Waals surface area contributed by atoms with Crippen molar-refractivity contribution < 1.29 is 8.78 Å². The zero-order valence-electron chi connectivity index (χ0n) is 12.0. The number of hydrogen-bond acceptors (Lipinski definition) is 2. The van der Waals surface area contributed by atoms with E-state index in [1.807, 2.05) is 13.8 Å². The van der Waals surface area contributed by atoms with Gasteiger partial charge in [-0.3, -0.25) is 4.68 Å². The number of hydrogen-bond donors (Lipinski definition) is 1. The quantitative estimate of drug-likeness (QED) is 0.876. The number of rotatable bonds is 6. The molecule has 0 aliphatic rings. The number of aryl methyl sites for hydroxylation is 1. The van der Waals surface area contributed by atoms with Crippen LogP contribution in [0.1, 0.15) is 37.6 Å². The first-order valence-electron chi connectivity index (χ1n) is 6.98. The van der Waals surface area contributed by atoms with E-state index >= 15 is 0 Å². The standard InChI is InChI=1S/C15H18ClF2N3/c1-3-8-21-15(10(16)9-20-21)14(19-4-2)13-11(17)6-5-7-12(13)18/h5-7,9,14,19H,3-4,8H2,1-2H3. The molecule has 3 nitrogen and oxygen atoms in total. The van der Waals surface area contributed by atoms with Crippen LogP contribution in [0.4, 0.5) is 8.78 Å². The van der Waals surface area contributed by atoms with Crippen LogP contribution in [0.3, 0.4) is 0 Å². The highest BCUT2D eigenvalue weighted by atomic mass is 35.5. The van der Waals surface area contributed by atoms with E-state index in [2.05, 4.69) is 10.4 Å². The lowest BCUT2D eigenvalue weighted by molar-refractivity contribution is 0.476. The number of aromatic nitrogens is 2. The fourth-order valence-electron chi connectivity index (χ4n) is 2.37. The van der Waals surface area contributed by atoms with E-state index < -0.39 is 17.7 Å². The molecule has 0 saturated heterocycles. The molecule has 1 aromatic heterocycles. The topological polar surface area (TPSA) is 29.9 Å². The summed E-state index contributed by atoms with van der Waals surface area (Å²) in [5, 5.41) is 7.69. The summed E-state index contributed by atoms with van der Waals surface area (Å²) in [6, 6.07) is 3.17. The summed E-state index contributed by atoms with van der Waals surface area (Å²) in [5.74, 6) is -1.19. The summed E-state index contributed by atoms with van der Waals surface area (Å²) in [4.78, 5) is 0. The third kappa shape index (κ3) is 3.24. The Morgan fingerprint density at radius 2 is 1.95 bits per heavy atom. The SMILES string of the molecule is CCCn1ncc(Cl)c1C(NCC)c1c(F)cccc1F. The Morgan fingerprint density at radius 3 is 2.52 bits per heavy atom. The number of halogens is 3. The highest BCUT2D eigenvalue weighted by molar-refractivity contribution is 6.31. The Morgan fingerprint density at radius 1 is 1.29 bits per heavy atom.